The van der Waals surface area contributed by atoms with E-state index in [1.54, 1.807) is 0 Å². The molecule has 0 saturated heterocycles. The van der Waals surface area contributed by atoms with Gasteiger partial charge in [0.25, 0.3) is 0 Å². The SMILES string of the molecule is CC/C=C\C/C=C\C/C=C\C/C=C\C/C=C\CCCCCC(=O)OCC(COP(=O)(O)OCC(O)COP(=O)(O)OCC(COC(=O)CCCCCCC/C=C\CCCCCC)OC(=O)CCCCCCC/C=C\CCCC)OC(=O)CCCCCCCCCCCCCCCCC. The second-order valence-electron chi connectivity index (χ2n) is 25.9. The fraction of sp³-hybridized carbons (Fsp3) is 0.772. The molecule has 0 rings (SSSR count). The first-order chi connectivity index (χ1) is 47.7. The lowest BCUT2D eigenvalue weighted by atomic mass is 10.0. The maximum atomic E-state index is 13.1. The molecule has 0 aliphatic carbocycles. The molecule has 0 heterocycles. The van der Waals surface area contributed by atoms with Gasteiger partial charge in [-0.1, -0.05) is 280 Å². The Morgan fingerprint density at radius 3 is 0.878 bits per heavy atom. The summed E-state index contributed by atoms with van der Waals surface area (Å²) in [5.41, 5.74) is 0. The number of hydrogen-bond donors (Lipinski definition) is 3. The number of aliphatic hydroxyl groups excluding tert-OH is 1. The number of esters is 4. The fourth-order valence-electron chi connectivity index (χ4n) is 10.4. The first-order valence-corrected chi connectivity index (χ1v) is 41.8. The van der Waals surface area contributed by atoms with Gasteiger partial charge in [0.15, 0.2) is 12.2 Å². The van der Waals surface area contributed by atoms with E-state index in [4.69, 9.17) is 37.0 Å². The van der Waals surface area contributed by atoms with Crippen LogP contribution >= 0.6 is 15.6 Å². The van der Waals surface area contributed by atoms with E-state index in [1.807, 2.05) is 0 Å². The smallest absolute Gasteiger partial charge is 0.462 e. The molecule has 0 bridgehead atoms. The van der Waals surface area contributed by atoms with Crippen molar-refractivity contribution < 1.29 is 80.2 Å². The number of unbranched alkanes of at least 4 members (excludes halogenated alkanes) is 33. The molecule has 568 valence electrons. The molecule has 0 aromatic rings. The minimum atomic E-state index is -4.98. The summed E-state index contributed by atoms with van der Waals surface area (Å²) in [5.74, 6) is -2.21. The van der Waals surface area contributed by atoms with Crippen molar-refractivity contribution in [3.63, 3.8) is 0 Å². The fourth-order valence-corrected chi connectivity index (χ4v) is 12.0. The second kappa shape index (κ2) is 71.6. The summed E-state index contributed by atoms with van der Waals surface area (Å²) in [7, 11) is -9.95. The lowest BCUT2D eigenvalue weighted by molar-refractivity contribution is -0.161. The van der Waals surface area contributed by atoms with Gasteiger partial charge in [-0.05, 0) is 116 Å². The van der Waals surface area contributed by atoms with Crippen molar-refractivity contribution in [3.8, 4) is 0 Å². The van der Waals surface area contributed by atoms with Crippen LogP contribution in [0.1, 0.15) is 336 Å². The van der Waals surface area contributed by atoms with E-state index in [0.717, 1.165) is 154 Å². The van der Waals surface area contributed by atoms with Crippen LogP contribution in [0.5, 0.6) is 0 Å². The topological polar surface area (TPSA) is 237 Å². The quantitative estimate of drug-likeness (QED) is 0.0169. The molecule has 5 atom stereocenters. The minimum absolute atomic E-state index is 0.0845. The van der Waals surface area contributed by atoms with E-state index in [9.17, 15) is 43.2 Å². The molecule has 0 aliphatic rings. The average Bonchev–Trinajstić information content (AvgIpc) is 0.992. The zero-order valence-corrected chi connectivity index (χ0v) is 63.7. The van der Waals surface area contributed by atoms with Gasteiger partial charge in [0, 0.05) is 25.7 Å². The zero-order chi connectivity index (χ0) is 71.8. The van der Waals surface area contributed by atoms with Crippen LogP contribution in [0.2, 0.25) is 0 Å². The van der Waals surface area contributed by atoms with Crippen LogP contribution in [0, 0.1) is 0 Å². The Bertz CT molecular complexity index is 2190. The number of ether oxygens (including phenoxy) is 4. The standard InChI is InChI=1S/C79H140O17P2/c1-5-9-13-17-21-25-29-32-34-35-36-37-39-41-45-48-52-56-60-64-77(82)90-70-75(96-79(84)66-62-58-54-50-46-42-38-33-30-26-22-18-14-10-6-2)72-94-98(87,88)92-68-73(80)67-91-97(85,86)93-71-74(95-78(83)65-61-57-53-49-43-28-24-20-16-12-8-4)69-89-76(81)63-59-55-51-47-44-40-31-27-23-19-15-11-7-3/h9,13,20-21,24-25,27,31-32,34,36-37,41,45,73-75,80H,5-8,10-12,14-19,22-23,26,28-30,33,35,38-40,42-44,46-72H2,1-4H3,(H,85,86)(H,87,88)/b13-9-,24-20-,25-21-,31-27-,34-32-,37-36-,45-41-. The molecule has 0 spiro atoms. The number of hydrogen-bond acceptors (Lipinski definition) is 15. The average molecular weight is 1420 g/mol. The van der Waals surface area contributed by atoms with Crippen LogP contribution in [0.4, 0.5) is 0 Å². The molecular weight excluding hydrogens is 1280 g/mol. The highest BCUT2D eigenvalue weighted by molar-refractivity contribution is 7.47. The molecule has 0 aromatic carbocycles. The van der Waals surface area contributed by atoms with E-state index in [-0.39, 0.29) is 25.7 Å². The summed E-state index contributed by atoms with van der Waals surface area (Å²) in [6.07, 6.45) is 72.9. The Labute approximate surface area is 595 Å². The summed E-state index contributed by atoms with van der Waals surface area (Å²) in [4.78, 5) is 72.8. The van der Waals surface area contributed by atoms with Crippen molar-refractivity contribution in [2.24, 2.45) is 0 Å². The molecule has 5 unspecified atom stereocenters. The van der Waals surface area contributed by atoms with Gasteiger partial charge in [-0.2, -0.15) is 0 Å². The lowest BCUT2D eigenvalue weighted by Crippen LogP contribution is -2.30. The zero-order valence-electron chi connectivity index (χ0n) is 62.0. The predicted octanol–water partition coefficient (Wildman–Crippen LogP) is 22.2. The maximum Gasteiger partial charge on any atom is 0.472 e. The molecule has 0 saturated carbocycles. The van der Waals surface area contributed by atoms with Crippen molar-refractivity contribution in [1.29, 1.82) is 0 Å². The van der Waals surface area contributed by atoms with Crippen molar-refractivity contribution in [2.45, 2.75) is 354 Å². The molecule has 0 aromatic heterocycles. The number of carbonyl (C=O) groups excluding carboxylic acids is 4. The molecule has 0 amide bonds. The lowest BCUT2D eigenvalue weighted by Gasteiger charge is -2.21. The Kier molecular flexibility index (Phi) is 68.9. The normalized spacial score (nSPS) is 14.4. The highest BCUT2D eigenvalue weighted by atomic mass is 31.2. The van der Waals surface area contributed by atoms with Gasteiger partial charge in [-0.3, -0.25) is 37.3 Å². The van der Waals surface area contributed by atoms with Gasteiger partial charge in [-0.15, -0.1) is 0 Å². The molecule has 98 heavy (non-hydrogen) atoms. The number of phosphoric acid groups is 2. The van der Waals surface area contributed by atoms with Crippen molar-refractivity contribution in [1.82, 2.24) is 0 Å². The molecule has 3 N–H and O–H groups in total. The highest BCUT2D eigenvalue weighted by Crippen LogP contribution is 2.45. The number of allylic oxidation sites excluding steroid dienone is 14. The number of carbonyl (C=O) groups is 4. The van der Waals surface area contributed by atoms with Crippen LogP contribution in [-0.4, -0.2) is 96.7 Å². The molecule has 19 heteroatoms. The summed E-state index contributed by atoms with van der Waals surface area (Å²) in [6, 6.07) is 0. The van der Waals surface area contributed by atoms with E-state index in [2.05, 4.69) is 113 Å². The van der Waals surface area contributed by atoms with Crippen LogP contribution in [0.15, 0.2) is 85.1 Å². The van der Waals surface area contributed by atoms with Crippen LogP contribution in [0.3, 0.4) is 0 Å². The summed E-state index contributed by atoms with van der Waals surface area (Å²) in [5, 5.41) is 10.6. The van der Waals surface area contributed by atoms with Crippen LogP contribution < -0.4 is 0 Å². The first kappa shape index (κ1) is 94.2. The van der Waals surface area contributed by atoms with E-state index >= 15 is 0 Å². The van der Waals surface area contributed by atoms with Gasteiger partial charge in [0.2, 0.25) is 0 Å². The summed E-state index contributed by atoms with van der Waals surface area (Å²) < 4.78 is 68.4. The van der Waals surface area contributed by atoms with Gasteiger partial charge < -0.3 is 33.8 Å². The largest absolute Gasteiger partial charge is 0.472 e. The second-order valence-corrected chi connectivity index (χ2v) is 28.8. The van der Waals surface area contributed by atoms with Crippen molar-refractivity contribution in [3.05, 3.63) is 85.1 Å². The van der Waals surface area contributed by atoms with E-state index in [1.165, 1.54) is 103 Å². The van der Waals surface area contributed by atoms with Crippen molar-refractivity contribution in [2.75, 3.05) is 39.6 Å². The van der Waals surface area contributed by atoms with Gasteiger partial charge in [-0.25, -0.2) is 9.13 Å². The van der Waals surface area contributed by atoms with Gasteiger partial charge in [0.1, 0.15) is 19.3 Å². The van der Waals surface area contributed by atoms with E-state index in [0.29, 0.717) is 25.7 Å². The Morgan fingerprint density at radius 2 is 0.541 bits per heavy atom. The maximum absolute atomic E-state index is 13.1. The Hall–Kier alpha value is -3.76. The molecular formula is C79H140O17P2. The monoisotopic (exact) mass is 1420 g/mol. The minimum Gasteiger partial charge on any atom is -0.462 e. The predicted molar refractivity (Wildman–Crippen MR) is 399 cm³/mol. The van der Waals surface area contributed by atoms with Crippen LogP contribution in [-0.2, 0) is 65.4 Å². The van der Waals surface area contributed by atoms with Gasteiger partial charge >= 0.3 is 39.5 Å². The highest BCUT2D eigenvalue weighted by Gasteiger charge is 2.30. The number of rotatable bonds is 73. The molecule has 0 fully saturated rings. The molecule has 0 aliphatic heterocycles. The molecule has 0 radical (unpaired) electrons. The molecule has 17 nitrogen and oxygen atoms in total. The number of phosphoric ester groups is 2. The van der Waals surface area contributed by atoms with Gasteiger partial charge in [0.05, 0.1) is 26.4 Å². The van der Waals surface area contributed by atoms with Crippen LogP contribution in [0.25, 0.3) is 0 Å². The van der Waals surface area contributed by atoms with E-state index < -0.39 is 97.5 Å². The summed E-state index contributed by atoms with van der Waals surface area (Å²) >= 11 is 0. The summed E-state index contributed by atoms with van der Waals surface area (Å²) in [6.45, 7) is 4.69. The van der Waals surface area contributed by atoms with Crippen molar-refractivity contribution >= 4 is 39.5 Å². The first-order valence-electron chi connectivity index (χ1n) is 38.8. The third-order valence-electron chi connectivity index (χ3n) is 16.3. The Balaban J connectivity index is 5.34. The third kappa shape index (κ3) is 70.7. The number of aliphatic hydroxyl groups is 1. The Morgan fingerprint density at radius 1 is 0.296 bits per heavy atom. The third-order valence-corrected chi connectivity index (χ3v) is 18.2.